The van der Waals surface area contributed by atoms with Crippen LogP contribution in [-0.4, -0.2) is 48.5 Å². The average Bonchev–Trinajstić information content (AvgIpc) is 2.85. The van der Waals surface area contributed by atoms with Crippen molar-refractivity contribution in [3.8, 4) is 5.75 Å². The number of anilines is 1. The largest absolute Gasteiger partial charge is 0.497 e. The summed E-state index contributed by atoms with van der Waals surface area (Å²) in [5.41, 5.74) is 1.97. The van der Waals surface area contributed by atoms with Crippen LogP contribution in [0.1, 0.15) is 17.3 Å². The van der Waals surface area contributed by atoms with Crippen molar-refractivity contribution in [2.24, 2.45) is 7.05 Å². The highest BCUT2D eigenvalue weighted by atomic mass is 16.5. The molecule has 2 rings (SSSR count). The van der Waals surface area contributed by atoms with Gasteiger partial charge in [-0.25, -0.2) is 4.79 Å². The number of benzene rings is 1. The standard InChI is InChI=1S/C17H25N5O2/c1-12-10-16(22(4)20-12)19-17(23)18-11-15(21(2)3)13-6-8-14(24-5)9-7-13/h6-10,15H,11H2,1-5H3,(H2,18,19,23). The van der Waals surface area contributed by atoms with Gasteiger partial charge in [0.2, 0.25) is 0 Å². The highest BCUT2D eigenvalue weighted by molar-refractivity contribution is 5.88. The smallest absolute Gasteiger partial charge is 0.320 e. The van der Waals surface area contributed by atoms with Gasteiger partial charge < -0.3 is 15.0 Å². The Morgan fingerprint density at radius 2 is 2.00 bits per heavy atom. The molecule has 0 spiro atoms. The van der Waals surface area contributed by atoms with Crippen LogP contribution in [0.25, 0.3) is 0 Å². The molecule has 0 fully saturated rings. The maximum absolute atomic E-state index is 12.1. The van der Waals surface area contributed by atoms with Crippen LogP contribution < -0.4 is 15.4 Å². The van der Waals surface area contributed by atoms with Crippen LogP contribution in [0, 0.1) is 6.92 Å². The molecule has 24 heavy (non-hydrogen) atoms. The SMILES string of the molecule is COc1ccc(C(CNC(=O)Nc2cc(C)nn2C)N(C)C)cc1. The fourth-order valence-corrected chi connectivity index (χ4v) is 2.50. The number of urea groups is 1. The molecule has 0 aliphatic carbocycles. The number of hydrogen-bond acceptors (Lipinski definition) is 4. The lowest BCUT2D eigenvalue weighted by molar-refractivity contribution is 0.243. The van der Waals surface area contributed by atoms with E-state index in [4.69, 9.17) is 4.74 Å². The van der Waals surface area contributed by atoms with Gasteiger partial charge >= 0.3 is 6.03 Å². The molecular weight excluding hydrogens is 306 g/mol. The molecule has 1 aromatic carbocycles. The summed E-state index contributed by atoms with van der Waals surface area (Å²) >= 11 is 0. The van der Waals surface area contributed by atoms with Crippen molar-refractivity contribution < 1.29 is 9.53 Å². The molecule has 0 aliphatic rings. The number of amides is 2. The van der Waals surface area contributed by atoms with Crippen molar-refractivity contribution in [1.82, 2.24) is 20.0 Å². The van der Waals surface area contributed by atoms with Crippen LogP contribution in [0.3, 0.4) is 0 Å². The van der Waals surface area contributed by atoms with Crippen molar-refractivity contribution in [3.63, 3.8) is 0 Å². The second-order valence-electron chi connectivity index (χ2n) is 5.88. The second-order valence-corrected chi connectivity index (χ2v) is 5.88. The third kappa shape index (κ3) is 4.48. The normalized spacial score (nSPS) is 12.1. The number of likely N-dealkylation sites (N-methyl/N-ethyl adjacent to an activating group) is 1. The van der Waals surface area contributed by atoms with E-state index in [0.717, 1.165) is 17.0 Å². The van der Waals surface area contributed by atoms with Gasteiger partial charge in [-0.2, -0.15) is 5.10 Å². The Morgan fingerprint density at radius 1 is 1.33 bits per heavy atom. The Kier molecular flexibility index (Phi) is 5.81. The Hall–Kier alpha value is -2.54. The third-order valence-corrected chi connectivity index (χ3v) is 3.82. The van der Waals surface area contributed by atoms with E-state index < -0.39 is 0 Å². The highest BCUT2D eigenvalue weighted by Gasteiger charge is 2.16. The molecule has 1 unspecified atom stereocenters. The summed E-state index contributed by atoms with van der Waals surface area (Å²) in [4.78, 5) is 14.2. The van der Waals surface area contributed by atoms with E-state index in [-0.39, 0.29) is 12.1 Å². The molecule has 1 atom stereocenters. The van der Waals surface area contributed by atoms with E-state index in [2.05, 4.69) is 20.6 Å². The summed E-state index contributed by atoms with van der Waals surface area (Å²) < 4.78 is 6.83. The number of nitrogens with zero attached hydrogens (tertiary/aromatic N) is 3. The summed E-state index contributed by atoms with van der Waals surface area (Å²) in [5.74, 6) is 1.48. The fourth-order valence-electron chi connectivity index (χ4n) is 2.50. The van der Waals surface area contributed by atoms with Gasteiger partial charge in [-0.3, -0.25) is 10.00 Å². The Balaban J connectivity index is 1.97. The van der Waals surface area contributed by atoms with Gasteiger partial charge in [0.1, 0.15) is 11.6 Å². The first-order valence-electron chi connectivity index (χ1n) is 7.76. The van der Waals surface area contributed by atoms with Crippen LogP contribution in [0.15, 0.2) is 30.3 Å². The number of aryl methyl sites for hydroxylation is 2. The minimum absolute atomic E-state index is 0.0647. The average molecular weight is 331 g/mol. The lowest BCUT2D eigenvalue weighted by Gasteiger charge is -2.25. The van der Waals surface area contributed by atoms with Crippen LogP contribution >= 0.6 is 0 Å². The van der Waals surface area contributed by atoms with Crippen molar-refractivity contribution in [1.29, 1.82) is 0 Å². The van der Waals surface area contributed by atoms with E-state index in [9.17, 15) is 4.79 Å². The monoisotopic (exact) mass is 331 g/mol. The zero-order valence-corrected chi connectivity index (χ0v) is 14.8. The molecule has 1 aromatic heterocycles. The van der Waals surface area contributed by atoms with Gasteiger partial charge in [-0.15, -0.1) is 0 Å². The number of nitrogens with one attached hydrogen (secondary N) is 2. The Bertz CT molecular complexity index is 679. The lowest BCUT2D eigenvalue weighted by Crippen LogP contribution is -2.37. The number of carbonyl (C=O) groups excluding carboxylic acids is 1. The first-order valence-corrected chi connectivity index (χ1v) is 7.76. The number of methoxy groups -OCH3 is 1. The van der Waals surface area contributed by atoms with Gasteiger partial charge in [0, 0.05) is 19.7 Å². The van der Waals surface area contributed by atoms with E-state index in [1.165, 1.54) is 0 Å². The van der Waals surface area contributed by atoms with E-state index >= 15 is 0 Å². The molecule has 0 saturated heterocycles. The predicted molar refractivity (Wildman–Crippen MR) is 94.4 cm³/mol. The van der Waals surface area contributed by atoms with Crippen LogP contribution in [0.5, 0.6) is 5.75 Å². The van der Waals surface area contributed by atoms with Crippen molar-refractivity contribution in [2.45, 2.75) is 13.0 Å². The van der Waals surface area contributed by atoms with Gasteiger partial charge in [0.05, 0.1) is 18.8 Å². The Labute approximate surface area is 142 Å². The molecule has 0 aliphatic heterocycles. The predicted octanol–water partition coefficient (Wildman–Crippen LogP) is 2.16. The van der Waals surface area contributed by atoms with E-state index in [0.29, 0.717) is 12.4 Å². The summed E-state index contributed by atoms with van der Waals surface area (Å²) in [6.07, 6.45) is 0. The molecule has 2 N–H and O–H groups in total. The second kappa shape index (κ2) is 7.83. The van der Waals surface area contributed by atoms with E-state index in [1.807, 2.05) is 51.4 Å². The maximum Gasteiger partial charge on any atom is 0.320 e. The van der Waals surface area contributed by atoms with Crippen molar-refractivity contribution >= 4 is 11.8 Å². The molecule has 0 radical (unpaired) electrons. The van der Waals surface area contributed by atoms with Crippen molar-refractivity contribution in [3.05, 3.63) is 41.6 Å². The third-order valence-electron chi connectivity index (χ3n) is 3.82. The zero-order valence-electron chi connectivity index (χ0n) is 14.8. The van der Waals surface area contributed by atoms with Crippen molar-refractivity contribution in [2.75, 3.05) is 33.1 Å². The molecule has 130 valence electrons. The summed E-state index contributed by atoms with van der Waals surface area (Å²) in [5, 5.41) is 9.92. The number of aromatic nitrogens is 2. The van der Waals surface area contributed by atoms with Gasteiger partial charge in [-0.05, 0) is 38.7 Å². The summed E-state index contributed by atoms with van der Waals surface area (Å²) in [6, 6.07) is 9.50. The molecule has 1 heterocycles. The molecular formula is C17H25N5O2. The summed E-state index contributed by atoms with van der Waals surface area (Å²) in [6.45, 7) is 2.37. The quantitative estimate of drug-likeness (QED) is 0.851. The number of ether oxygens (including phenoxy) is 1. The first-order chi connectivity index (χ1) is 11.4. The van der Waals surface area contributed by atoms with Gasteiger partial charge in [-0.1, -0.05) is 12.1 Å². The van der Waals surface area contributed by atoms with Gasteiger partial charge in [0.25, 0.3) is 0 Å². The Morgan fingerprint density at radius 3 is 2.50 bits per heavy atom. The lowest BCUT2D eigenvalue weighted by atomic mass is 10.1. The summed E-state index contributed by atoms with van der Waals surface area (Å²) in [7, 11) is 7.41. The first kappa shape index (κ1) is 17.8. The molecule has 0 saturated carbocycles. The molecule has 0 bridgehead atoms. The number of hydrogen-bond donors (Lipinski definition) is 2. The minimum Gasteiger partial charge on any atom is -0.497 e. The topological polar surface area (TPSA) is 71.4 Å². The highest BCUT2D eigenvalue weighted by Crippen LogP contribution is 2.20. The zero-order chi connectivity index (χ0) is 17.7. The molecule has 7 nitrogen and oxygen atoms in total. The molecule has 2 amide bonds. The maximum atomic E-state index is 12.1. The van der Waals surface area contributed by atoms with Crippen LogP contribution in [0.2, 0.25) is 0 Å². The van der Waals surface area contributed by atoms with E-state index in [1.54, 1.807) is 18.8 Å². The van der Waals surface area contributed by atoms with Crippen LogP contribution in [-0.2, 0) is 7.05 Å². The van der Waals surface area contributed by atoms with Crippen LogP contribution in [0.4, 0.5) is 10.6 Å². The number of rotatable bonds is 6. The molecule has 7 heteroatoms. The minimum atomic E-state index is -0.252. The number of carbonyl (C=O) groups is 1. The molecule has 2 aromatic rings. The van der Waals surface area contributed by atoms with Gasteiger partial charge in [0.15, 0.2) is 0 Å². The fraction of sp³-hybridized carbons (Fsp3) is 0.412.